The molecule has 22 heavy (non-hydrogen) atoms. The summed E-state index contributed by atoms with van der Waals surface area (Å²) in [5, 5.41) is 0. The molecule has 0 heteroatoms. The highest BCUT2D eigenvalue weighted by Gasteiger charge is 2.19. The minimum atomic E-state index is 0.620. The Hall–Kier alpha value is -1.56. The molecule has 2 aromatic carbocycles. The molecule has 2 aromatic rings. The molecule has 0 aliphatic rings. The van der Waals surface area contributed by atoms with Gasteiger partial charge in [0.1, 0.15) is 0 Å². The SMILES string of the molecule is CCC(C)c1ccccc1[C](Cc1ccccc1)CC(C)C. The zero-order valence-corrected chi connectivity index (χ0v) is 14.5. The van der Waals surface area contributed by atoms with Crippen LogP contribution >= 0.6 is 0 Å². The zero-order chi connectivity index (χ0) is 15.9. The maximum atomic E-state index is 2.34. The normalized spacial score (nSPS) is 12.8. The monoisotopic (exact) mass is 293 g/mol. The minimum Gasteiger partial charge on any atom is -0.0648 e. The van der Waals surface area contributed by atoms with Crippen LogP contribution in [0.2, 0.25) is 0 Å². The summed E-state index contributed by atoms with van der Waals surface area (Å²) in [6.07, 6.45) is 3.42. The first-order valence-electron chi connectivity index (χ1n) is 8.59. The maximum absolute atomic E-state index is 2.34. The summed E-state index contributed by atoms with van der Waals surface area (Å²) in [6, 6.07) is 19.9. The Morgan fingerprint density at radius 2 is 1.50 bits per heavy atom. The molecule has 2 rings (SSSR count). The predicted molar refractivity (Wildman–Crippen MR) is 97.1 cm³/mol. The van der Waals surface area contributed by atoms with Crippen LogP contribution in [0.1, 0.15) is 63.1 Å². The molecule has 0 bridgehead atoms. The van der Waals surface area contributed by atoms with Crippen molar-refractivity contribution in [2.24, 2.45) is 5.92 Å². The standard InChI is InChI=1S/C22H29/c1-5-18(4)21-13-9-10-14-22(21)20(15-17(2)3)16-19-11-7-6-8-12-19/h6-14,17-18H,5,15-16H2,1-4H3. The maximum Gasteiger partial charge on any atom is 0.00987 e. The fourth-order valence-corrected chi connectivity index (χ4v) is 3.08. The van der Waals surface area contributed by atoms with Crippen molar-refractivity contribution in [1.29, 1.82) is 0 Å². The van der Waals surface area contributed by atoms with Crippen LogP contribution in [0.3, 0.4) is 0 Å². The molecule has 0 spiro atoms. The van der Waals surface area contributed by atoms with Gasteiger partial charge in [0.2, 0.25) is 0 Å². The number of benzene rings is 2. The Morgan fingerprint density at radius 1 is 0.864 bits per heavy atom. The molecule has 0 heterocycles. The van der Waals surface area contributed by atoms with E-state index in [4.69, 9.17) is 0 Å². The van der Waals surface area contributed by atoms with E-state index < -0.39 is 0 Å². The van der Waals surface area contributed by atoms with Gasteiger partial charge < -0.3 is 0 Å². The van der Waals surface area contributed by atoms with Gasteiger partial charge in [0.25, 0.3) is 0 Å². The lowest BCUT2D eigenvalue weighted by atomic mass is 9.80. The third kappa shape index (κ3) is 4.47. The molecular weight excluding hydrogens is 264 g/mol. The molecule has 117 valence electrons. The molecule has 0 amide bonds. The Labute approximate surface area is 136 Å². The third-order valence-corrected chi connectivity index (χ3v) is 4.40. The van der Waals surface area contributed by atoms with Gasteiger partial charge in [-0.25, -0.2) is 0 Å². The predicted octanol–water partition coefficient (Wildman–Crippen LogP) is 6.41. The van der Waals surface area contributed by atoms with Crippen molar-refractivity contribution in [3.05, 3.63) is 77.2 Å². The molecule has 1 radical (unpaired) electrons. The van der Waals surface area contributed by atoms with Crippen molar-refractivity contribution >= 4 is 0 Å². The quantitative estimate of drug-likeness (QED) is 0.553. The highest BCUT2D eigenvalue weighted by molar-refractivity contribution is 5.42. The van der Waals surface area contributed by atoms with Crippen LogP contribution in [0.4, 0.5) is 0 Å². The van der Waals surface area contributed by atoms with E-state index in [1.807, 2.05) is 0 Å². The molecular formula is C22H29. The van der Waals surface area contributed by atoms with Crippen LogP contribution in [0.15, 0.2) is 54.6 Å². The van der Waals surface area contributed by atoms with Crippen LogP contribution in [0.25, 0.3) is 0 Å². The van der Waals surface area contributed by atoms with Crippen molar-refractivity contribution < 1.29 is 0 Å². The summed E-state index contributed by atoms with van der Waals surface area (Å²) in [5.41, 5.74) is 4.41. The van der Waals surface area contributed by atoms with Gasteiger partial charge in [-0.15, -0.1) is 0 Å². The van der Waals surface area contributed by atoms with E-state index in [9.17, 15) is 0 Å². The van der Waals surface area contributed by atoms with Crippen molar-refractivity contribution in [1.82, 2.24) is 0 Å². The Morgan fingerprint density at radius 3 is 2.14 bits per heavy atom. The number of hydrogen-bond donors (Lipinski definition) is 0. The lowest BCUT2D eigenvalue weighted by Crippen LogP contribution is -2.11. The minimum absolute atomic E-state index is 0.620. The molecule has 1 atom stereocenters. The first-order chi connectivity index (χ1) is 10.6. The zero-order valence-electron chi connectivity index (χ0n) is 14.5. The van der Waals surface area contributed by atoms with Gasteiger partial charge in [0, 0.05) is 5.92 Å². The summed E-state index contributed by atoms with van der Waals surface area (Å²) in [6.45, 7) is 9.25. The Balaban J connectivity index is 2.33. The molecule has 0 fully saturated rings. The third-order valence-electron chi connectivity index (χ3n) is 4.40. The van der Waals surface area contributed by atoms with E-state index >= 15 is 0 Å². The molecule has 0 aromatic heterocycles. The highest BCUT2D eigenvalue weighted by atomic mass is 14.2. The van der Waals surface area contributed by atoms with E-state index in [0.717, 1.165) is 6.42 Å². The number of hydrogen-bond acceptors (Lipinski definition) is 0. The molecule has 0 aliphatic carbocycles. The fraction of sp³-hybridized carbons (Fsp3) is 0.409. The molecule has 0 nitrogen and oxygen atoms in total. The van der Waals surface area contributed by atoms with Crippen molar-refractivity contribution in [2.45, 2.75) is 52.9 Å². The smallest absolute Gasteiger partial charge is 0.00987 e. The van der Waals surface area contributed by atoms with E-state index in [2.05, 4.69) is 82.3 Å². The van der Waals surface area contributed by atoms with Crippen LogP contribution < -0.4 is 0 Å². The fourth-order valence-electron chi connectivity index (χ4n) is 3.08. The van der Waals surface area contributed by atoms with Gasteiger partial charge in [-0.3, -0.25) is 0 Å². The first kappa shape index (κ1) is 16.8. The second-order valence-electron chi connectivity index (χ2n) is 6.76. The van der Waals surface area contributed by atoms with Crippen LogP contribution in [-0.2, 0) is 6.42 Å². The summed E-state index contributed by atoms with van der Waals surface area (Å²) in [4.78, 5) is 0. The van der Waals surface area contributed by atoms with E-state index in [1.165, 1.54) is 29.5 Å². The van der Waals surface area contributed by atoms with Gasteiger partial charge >= 0.3 is 0 Å². The Bertz CT molecular complexity index is 553. The van der Waals surface area contributed by atoms with Gasteiger partial charge in [-0.1, -0.05) is 82.3 Å². The molecule has 0 aliphatic heterocycles. The van der Waals surface area contributed by atoms with Gasteiger partial charge in [-0.05, 0) is 47.8 Å². The summed E-state index contributed by atoms with van der Waals surface area (Å²) < 4.78 is 0. The van der Waals surface area contributed by atoms with E-state index in [0.29, 0.717) is 11.8 Å². The summed E-state index contributed by atoms with van der Waals surface area (Å²) in [7, 11) is 0. The highest BCUT2D eigenvalue weighted by Crippen LogP contribution is 2.33. The lowest BCUT2D eigenvalue weighted by molar-refractivity contribution is 0.590. The Kier molecular flexibility index (Phi) is 6.24. The van der Waals surface area contributed by atoms with Gasteiger partial charge in [0.05, 0.1) is 0 Å². The van der Waals surface area contributed by atoms with E-state index in [1.54, 1.807) is 5.92 Å². The first-order valence-corrected chi connectivity index (χ1v) is 8.59. The van der Waals surface area contributed by atoms with Crippen LogP contribution in [-0.4, -0.2) is 0 Å². The molecule has 1 unspecified atom stereocenters. The summed E-state index contributed by atoms with van der Waals surface area (Å²) in [5.74, 6) is 2.88. The topological polar surface area (TPSA) is 0 Å². The van der Waals surface area contributed by atoms with Crippen molar-refractivity contribution in [3.8, 4) is 0 Å². The van der Waals surface area contributed by atoms with Crippen molar-refractivity contribution in [3.63, 3.8) is 0 Å². The molecule has 0 saturated carbocycles. The lowest BCUT2D eigenvalue weighted by Gasteiger charge is -2.24. The number of rotatable bonds is 7. The van der Waals surface area contributed by atoms with Crippen molar-refractivity contribution in [2.75, 3.05) is 0 Å². The summed E-state index contributed by atoms with van der Waals surface area (Å²) >= 11 is 0. The van der Waals surface area contributed by atoms with Gasteiger partial charge in [0.15, 0.2) is 0 Å². The second-order valence-corrected chi connectivity index (χ2v) is 6.76. The van der Waals surface area contributed by atoms with Gasteiger partial charge in [-0.2, -0.15) is 0 Å². The largest absolute Gasteiger partial charge is 0.0648 e. The van der Waals surface area contributed by atoms with Crippen LogP contribution in [0.5, 0.6) is 0 Å². The average Bonchev–Trinajstić information content (AvgIpc) is 2.54. The van der Waals surface area contributed by atoms with Crippen LogP contribution in [0, 0.1) is 11.8 Å². The average molecular weight is 293 g/mol. The molecule has 0 N–H and O–H groups in total. The molecule has 0 saturated heterocycles. The second kappa shape index (κ2) is 8.17. The van der Waals surface area contributed by atoms with E-state index in [-0.39, 0.29) is 0 Å².